The van der Waals surface area contributed by atoms with E-state index in [1.807, 2.05) is 37.3 Å². The van der Waals surface area contributed by atoms with E-state index in [0.717, 1.165) is 23.2 Å². The molecule has 3 N–H and O–H groups in total. The smallest absolute Gasteiger partial charge is 0.411 e. The van der Waals surface area contributed by atoms with Crippen molar-refractivity contribution >= 4 is 39.8 Å². The van der Waals surface area contributed by atoms with Crippen LogP contribution in [0.15, 0.2) is 42.5 Å². The summed E-state index contributed by atoms with van der Waals surface area (Å²) in [6.45, 7) is 4.12. The molecule has 8 nitrogen and oxygen atoms in total. The predicted octanol–water partition coefficient (Wildman–Crippen LogP) is 4.47. The molecular weight excluding hydrogens is 406 g/mol. The summed E-state index contributed by atoms with van der Waals surface area (Å²) in [4.78, 5) is 26.8. The molecule has 0 unspecified atom stereocenters. The number of fused-ring (bicyclic) bond motifs is 1. The summed E-state index contributed by atoms with van der Waals surface area (Å²) in [5.41, 5.74) is 3.49. The zero-order valence-electron chi connectivity index (χ0n) is 16.9. The van der Waals surface area contributed by atoms with E-state index >= 15 is 0 Å². The summed E-state index contributed by atoms with van der Waals surface area (Å²) in [5, 5.41) is 9.67. The van der Waals surface area contributed by atoms with Crippen LogP contribution in [0.1, 0.15) is 20.3 Å². The average Bonchev–Trinajstić information content (AvgIpc) is 3.05. The number of benzene rings is 2. The molecule has 2 aliphatic heterocycles. The maximum absolute atomic E-state index is 12.1. The second kappa shape index (κ2) is 7.50. The summed E-state index contributed by atoms with van der Waals surface area (Å²) in [6.07, 6.45) is -0.316. The van der Waals surface area contributed by atoms with E-state index in [1.165, 1.54) is 11.8 Å². The van der Waals surface area contributed by atoms with Gasteiger partial charge in [0.1, 0.15) is 0 Å². The van der Waals surface area contributed by atoms with Crippen LogP contribution in [0, 0.1) is 0 Å². The number of nitrogens with zero attached hydrogens (tertiary/aromatic N) is 3. The minimum absolute atomic E-state index is 0.129. The molecule has 1 fully saturated rings. The molecule has 2 heterocycles. The van der Waals surface area contributed by atoms with Crippen LogP contribution in [-0.2, 0) is 4.79 Å². The minimum atomic E-state index is -2.74. The third kappa shape index (κ3) is 3.49. The van der Waals surface area contributed by atoms with E-state index in [0.29, 0.717) is 23.7 Å². The zero-order valence-corrected chi connectivity index (χ0v) is 17.7. The molecule has 30 heavy (non-hydrogen) atoms. The average molecular weight is 432 g/mol. The highest BCUT2D eigenvalue weighted by atomic mass is 32.3. The molecule has 1 saturated heterocycles. The van der Waals surface area contributed by atoms with Crippen LogP contribution in [0.5, 0.6) is 0 Å². The van der Waals surface area contributed by atoms with Gasteiger partial charge in [0.15, 0.2) is 0 Å². The minimum Gasteiger partial charge on any atom is -0.465 e. The van der Waals surface area contributed by atoms with Crippen LogP contribution in [0.3, 0.4) is 0 Å². The second-order valence-corrected chi connectivity index (χ2v) is 9.79. The third-order valence-electron chi connectivity index (χ3n) is 5.60. The quantitative estimate of drug-likeness (QED) is 0.648. The Bertz CT molecular complexity index is 995. The lowest BCUT2D eigenvalue weighted by Crippen LogP contribution is -2.51. The lowest BCUT2D eigenvalue weighted by Gasteiger charge is -2.39. The van der Waals surface area contributed by atoms with Gasteiger partial charge >= 0.3 is 6.09 Å². The van der Waals surface area contributed by atoms with E-state index in [1.54, 1.807) is 21.3 Å². The van der Waals surface area contributed by atoms with Crippen molar-refractivity contribution in [2.75, 3.05) is 32.9 Å². The summed E-state index contributed by atoms with van der Waals surface area (Å²) < 4.78 is 22.0. The Kier molecular flexibility index (Phi) is 5.13. The molecule has 0 bridgehead atoms. The molecule has 0 radical (unpaired) electrons. The van der Waals surface area contributed by atoms with Gasteiger partial charge < -0.3 is 10.0 Å². The summed E-state index contributed by atoms with van der Waals surface area (Å²) >= 11 is 0. The van der Waals surface area contributed by atoms with Crippen molar-refractivity contribution in [3.63, 3.8) is 0 Å². The highest BCUT2D eigenvalue weighted by Crippen LogP contribution is 2.51. The Balaban J connectivity index is 1.70. The maximum Gasteiger partial charge on any atom is 0.411 e. The molecule has 9 heteroatoms. The van der Waals surface area contributed by atoms with Crippen molar-refractivity contribution in [2.24, 2.45) is 0 Å². The fourth-order valence-corrected chi connectivity index (χ4v) is 5.86. The SMILES string of the molecule is CC(=O)N1c2ccc(-c3ccc(N4CCCS4(O)O)cc3)cc2N(C(=O)O)C[C@@H]1C. The van der Waals surface area contributed by atoms with Gasteiger partial charge in [-0.15, -0.1) is 10.8 Å². The van der Waals surface area contributed by atoms with Crippen LogP contribution in [0.4, 0.5) is 21.9 Å². The molecule has 2 aromatic carbocycles. The second-order valence-electron chi connectivity index (χ2n) is 7.67. The Morgan fingerprint density at radius 1 is 1.03 bits per heavy atom. The molecule has 0 saturated carbocycles. The Morgan fingerprint density at radius 3 is 2.27 bits per heavy atom. The van der Waals surface area contributed by atoms with Crippen LogP contribution in [-0.4, -0.2) is 51.1 Å². The Morgan fingerprint density at radius 2 is 1.70 bits per heavy atom. The number of carbonyl (C=O) groups excluding carboxylic acids is 1. The van der Waals surface area contributed by atoms with E-state index in [4.69, 9.17) is 0 Å². The van der Waals surface area contributed by atoms with Gasteiger partial charge in [-0.05, 0) is 48.7 Å². The lowest BCUT2D eigenvalue weighted by molar-refractivity contribution is -0.117. The number of amides is 2. The van der Waals surface area contributed by atoms with E-state index in [2.05, 4.69) is 0 Å². The van der Waals surface area contributed by atoms with Crippen molar-refractivity contribution in [1.29, 1.82) is 0 Å². The highest BCUT2D eigenvalue weighted by molar-refractivity contribution is 8.25. The molecular formula is C21H25N3O5S. The number of carboxylic acid groups (broad SMARTS) is 1. The molecule has 2 aliphatic rings. The van der Waals surface area contributed by atoms with Gasteiger partial charge in [-0.2, -0.15) is 0 Å². The van der Waals surface area contributed by atoms with Crippen molar-refractivity contribution in [2.45, 2.75) is 26.3 Å². The zero-order chi connectivity index (χ0) is 21.6. The summed E-state index contributed by atoms with van der Waals surface area (Å²) in [5.74, 6) is 0.255. The van der Waals surface area contributed by atoms with Gasteiger partial charge in [-0.1, -0.05) is 18.2 Å². The van der Waals surface area contributed by atoms with Gasteiger partial charge in [0.05, 0.1) is 28.9 Å². The van der Waals surface area contributed by atoms with Gasteiger partial charge in [0, 0.05) is 20.0 Å². The molecule has 0 aromatic heterocycles. The van der Waals surface area contributed by atoms with E-state index in [9.17, 15) is 23.8 Å². The molecule has 2 aromatic rings. The largest absolute Gasteiger partial charge is 0.465 e. The van der Waals surface area contributed by atoms with Gasteiger partial charge in [-0.3, -0.25) is 23.1 Å². The number of carbonyl (C=O) groups is 2. The Labute approximate surface area is 176 Å². The van der Waals surface area contributed by atoms with Gasteiger partial charge in [-0.25, -0.2) is 4.79 Å². The monoisotopic (exact) mass is 431 g/mol. The van der Waals surface area contributed by atoms with Crippen molar-refractivity contribution in [3.05, 3.63) is 42.5 Å². The molecule has 0 aliphatic carbocycles. The fraction of sp³-hybridized carbons (Fsp3) is 0.333. The first kappa shape index (κ1) is 20.5. The predicted molar refractivity (Wildman–Crippen MR) is 120 cm³/mol. The molecule has 2 amide bonds. The van der Waals surface area contributed by atoms with Crippen molar-refractivity contribution in [1.82, 2.24) is 0 Å². The number of rotatable bonds is 2. The van der Waals surface area contributed by atoms with Crippen molar-refractivity contribution < 1.29 is 23.8 Å². The molecule has 4 rings (SSSR count). The standard InChI is InChI=1S/C21H25N3O5S/c1-14-13-22(21(26)27)20-12-17(6-9-19(20)24(14)15(2)25)16-4-7-18(8-5-16)23-10-3-11-30(23,28)29/h4-9,12,14,28-29H,3,10-11,13H2,1-2H3,(H,26,27)/t14-/m0/s1. The van der Waals surface area contributed by atoms with Crippen LogP contribution in [0.25, 0.3) is 11.1 Å². The summed E-state index contributed by atoms with van der Waals surface area (Å²) in [7, 11) is -2.74. The van der Waals surface area contributed by atoms with Crippen molar-refractivity contribution in [3.8, 4) is 11.1 Å². The molecule has 1 atom stereocenters. The third-order valence-corrected chi connectivity index (χ3v) is 7.54. The fourth-order valence-electron chi connectivity index (χ4n) is 4.24. The number of hydrogen-bond acceptors (Lipinski definition) is 5. The normalized spacial score (nSPS) is 21.3. The van der Waals surface area contributed by atoms with Crippen LogP contribution in [0.2, 0.25) is 0 Å². The topological polar surface area (TPSA) is 105 Å². The van der Waals surface area contributed by atoms with Gasteiger partial charge in [0.25, 0.3) is 0 Å². The Hall–Kier alpha value is -2.75. The molecule has 0 spiro atoms. The first-order valence-corrected chi connectivity index (χ1v) is 11.4. The summed E-state index contributed by atoms with van der Waals surface area (Å²) in [6, 6.07) is 12.6. The van der Waals surface area contributed by atoms with Gasteiger partial charge in [0.2, 0.25) is 5.91 Å². The first-order valence-electron chi connectivity index (χ1n) is 9.77. The first-order chi connectivity index (χ1) is 14.2. The molecule has 160 valence electrons. The highest BCUT2D eigenvalue weighted by Gasteiger charge is 2.34. The van der Waals surface area contributed by atoms with Crippen LogP contribution < -0.4 is 14.1 Å². The van der Waals surface area contributed by atoms with E-state index < -0.39 is 16.9 Å². The maximum atomic E-state index is 12.1. The van der Waals surface area contributed by atoms with Crippen LogP contribution >= 0.6 is 10.8 Å². The number of hydrogen-bond donors (Lipinski definition) is 3. The lowest BCUT2D eigenvalue weighted by atomic mass is 10.0. The van der Waals surface area contributed by atoms with E-state index in [-0.39, 0.29) is 18.5 Å². The number of anilines is 3.